The lowest BCUT2D eigenvalue weighted by atomic mass is 10.1. The second-order valence-electron chi connectivity index (χ2n) is 6.65. The second kappa shape index (κ2) is 9.09. The molecule has 2 aromatic carbocycles. The maximum absolute atomic E-state index is 11.0. The van der Waals surface area contributed by atoms with Gasteiger partial charge in [-0.1, -0.05) is 42.0 Å². The molecule has 140 valence electrons. The van der Waals surface area contributed by atoms with Gasteiger partial charge >= 0.3 is 0 Å². The van der Waals surface area contributed by atoms with Gasteiger partial charge in [0.2, 0.25) is 0 Å². The third-order valence-corrected chi connectivity index (χ3v) is 4.60. The molecule has 1 aliphatic heterocycles. The van der Waals surface area contributed by atoms with E-state index in [0.29, 0.717) is 5.56 Å². The number of hydrazone groups is 1. The van der Waals surface area contributed by atoms with Crippen LogP contribution in [-0.4, -0.2) is 47.2 Å². The molecular weight excluding hydrogens is 340 g/mol. The van der Waals surface area contributed by atoms with Crippen molar-refractivity contribution in [1.82, 2.24) is 9.91 Å². The lowest BCUT2D eigenvalue weighted by Crippen LogP contribution is -2.43. The molecule has 2 aromatic rings. The number of nitrogens with zero attached hydrogens (tertiary/aromatic N) is 4. The largest absolute Gasteiger partial charge is 0.295 e. The van der Waals surface area contributed by atoms with Gasteiger partial charge in [0, 0.05) is 45.0 Å². The highest BCUT2D eigenvalue weighted by atomic mass is 16.6. The molecular formula is C21H24N4O2. The van der Waals surface area contributed by atoms with Crippen molar-refractivity contribution >= 4 is 18.0 Å². The number of nitro benzene ring substituents is 1. The van der Waals surface area contributed by atoms with E-state index in [-0.39, 0.29) is 10.6 Å². The quantitative estimate of drug-likeness (QED) is 0.445. The fourth-order valence-corrected chi connectivity index (χ4v) is 3.04. The van der Waals surface area contributed by atoms with Crippen LogP contribution in [-0.2, 0) is 6.54 Å². The molecule has 0 N–H and O–H groups in total. The molecule has 0 bridgehead atoms. The zero-order valence-corrected chi connectivity index (χ0v) is 15.5. The summed E-state index contributed by atoms with van der Waals surface area (Å²) in [5.41, 5.74) is 3.31. The Morgan fingerprint density at radius 1 is 1.07 bits per heavy atom. The molecule has 0 atom stereocenters. The Kier molecular flexibility index (Phi) is 6.33. The molecule has 0 aliphatic carbocycles. The van der Waals surface area contributed by atoms with Crippen LogP contribution in [0.2, 0.25) is 0 Å². The van der Waals surface area contributed by atoms with E-state index in [4.69, 9.17) is 0 Å². The number of hydrogen-bond donors (Lipinski definition) is 0. The predicted octanol–water partition coefficient (Wildman–Crippen LogP) is 3.72. The standard InChI is InChI=1S/C21H24N4O2/c1-18-8-10-19(11-9-18)17-23-13-15-24(16-14-23)22-12-4-6-20-5-2-3-7-21(20)25(26)27/h2-12H,13-17H2,1H3/b6-4-,22-12+. The van der Waals surface area contributed by atoms with Crippen molar-refractivity contribution in [3.05, 3.63) is 81.4 Å². The topological polar surface area (TPSA) is 62.0 Å². The maximum atomic E-state index is 11.0. The van der Waals surface area contributed by atoms with Crippen LogP contribution < -0.4 is 0 Å². The molecule has 1 heterocycles. The van der Waals surface area contributed by atoms with Crippen LogP contribution in [0.3, 0.4) is 0 Å². The molecule has 3 rings (SSSR count). The smallest absolute Gasteiger partial charge is 0.276 e. The van der Waals surface area contributed by atoms with Gasteiger partial charge < -0.3 is 0 Å². The molecule has 0 saturated carbocycles. The molecule has 1 aliphatic rings. The van der Waals surface area contributed by atoms with Crippen molar-refractivity contribution in [3.63, 3.8) is 0 Å². The summed E-state index contributed by atoms with van der Waals surface area (Å²) in [5, 5.41) is 17.5. The highest BCUT2D eigenvalue weighted by Gasteiger charge is 2.15. The lowest BCUT2D eigenvalue weighted by Gasteiger charge is -2.33. The highest BCUT2D eigenvalue weighted by Crippen LogP contribution is 2.18. The van der Waals surface area contributed by atoms with Crippen LogP contribution in [0, 0.1) is 17.0 Å². The Hall–Kier alpha value is -2.99. The molecule has 0 radical (unpaired) electrons. The highest BCUT2D eigenvalue weighted by molar-refractivity contribution is 5.79. The van der Waals surface area contributed by atoms with E-state index >= 15 is 0 Å². The summed E-state index contributed by atoms with van der Waals surface area (Å²) in [5.74, 6) is 0. The van der Waals surface area contributed by atoms with Gasteiger partial charge in [-0.25, -0.2) is 0 Å². The van der Waals surface area contributed by atoms with Crippen molar-refractivity contribution in [3.8, 4) is 0 Å². The number of rotatable bonds is 6. The Balaban J connectivity index is 1.48. The Bertz CT molecular complexity index is 822. The van der Waals surface area contributed by atoms with E-state index in [1.165, 1.54) is 17.2 Å². The molecule has 6 heteroatoms. The van der Waals surface area contributed by atoms with Crippen molar-refractivity contribution in [2.75, 3.05) is 26.2 Å². The average molecular weight is 364 g/mol. The van der Waals surface area contributed by atoms with Crippen LogP contribution in [0.25, 0.3) is 6.08 Å². The Morgan fingerprint density at radius 3 is 2.48 bits per heavy atom. The van der Waals surface area contributed by atoms with Crippen molar-refractivity contribution in [2.24, 2.45) is 5.10 Å². The van der Waals surface area contributed by atoms with Gasteiger partial charge in [0.15, 0.2) is 0 Å². The summed E-state index contributed by atoms with van der Waals surface area (Å²) in [6, 6.07) is 15.4. The lowest BCUT2D eigenvalue weighted by molar-refractivity contribution is -0.385. The van der Waals surface area contributed by atoms with E-state index in [2.05, 4.69) is 41.2 Å². The first kappa shape index (κ1) is 18.8. The zero-order chi connectivity index (χ0) is 19.1. The maximum Gasteiger partial charge on any atom is 0.276 e. The Labute approximate surface area is 159 Å². The van der Waals surface area contributed by atoms with Crippen LogP contribution in [0.4, 0.5) is 5.69 Å². The van der Waals surface area contributed by atoms with Crippen molar-refractivity contribution in [2.45, 2.75) is 13.5 Å². The van der Waals surface area contributed by atoms with E-state index in [9.17, 15) is 10.1 Å². The van der Waals surface area contributed by atoms with Gasteiger partial charge in [0.1, 0.15) is 0 Å². The third kappa shape index (κ3) is 5.49. The molecule has 0 spiro atoms. The number of piperazine rings is 1. The molecule has 0 amide bonds. The first-order valence-corrected chi connectivity index (χ1v) is 9.09. The molecule has 6 nitrogen and oxygen atoms in total. The predicted molar refractivity (Wildman–Crippen MR) is 109 cm³/mol. The molecule has 0 unspecified atom stereocenters. The van der Waals surface area contributed by atoms with Crippen LogP contribution in [0.15, 0.2) is 59.7 Å². The molecule has 1 saturated heterocycles. The number of benzene rings is 2. The minimum Gasteiger partial charge on any atom is -0.295 e. The summed E-state index contributed by atoms with van der Waals surface area (Å²) in [6.07, 6.45) is 5.17. The van der Waals surface area contributed by atoms with Crippen LogP contribution in [0.1, 0.15) is 16.7 Å². The second-order valence-corrected chi connectivity index (χ2v) is 6.65. The fourth-order valence-electron chi connectivity index (χ4n) is 3.04. The number of aryl methyl sites for hydroxylation is 1. The first-order chi connectivity index (χ1) is 13.1. The minimum atomic E-state index is -0.371. The van der Waals surface area contributed by atoms with Gasteiger partial charge in [-0.2, -0.15) is 5.10 Å². The fraction of sp³-hybridized carbons (Fsp3) is 0.286. The van der Waals surface area contributed by atoms with E-state index in [1.54, 1.807) is 36.6 Å². The van der Waals surface area contributed by atoms with E-state index in [0.717, 1.165) is 32.7 Å². The summed E-state index contributed by atoms with van der Waals surface area (Å²) in [6.45, 7) is 6.77. The van der Waals surface area contributed by atoms with Gasteiger partial charge in [0.05, 0.1) is 10.5 Å². The number of para-hydroxylation sites is 1. The van der Waals surface area contributed by atoms with E-state index < -0.39 is 0 Å². The normalized spacial score (nSPS) is 15.7. The summed E-state index contributed by atoms with van der Waals surface area (Å²) >= 11 is 0. The molecule has 27 heavy (non-hydrogen) atoms. The number of hydrogen-bond acceptors (Lipinski definition) is 5. The van der Waals surface area contributed by atoms with Gasteiger partial charge in [-0.15, -0.1) is 0 Å². The Morgan fingerprint density at radius 2 is 1.78 bits per heavy atom. The summed E-state index contributed by atoms with van der Waals surface area (Å²) < 4.78 is 0. The molecule has 0 aromatic heterocycles. The summed E-state index contributed by atoms with van der Waals surface area (Å²) in [4.78, 5) is 13.1. The third-order valence-electron chi connectivity index (χ3n) is 4.60. The van der Waals surface area contributed by atoms with E-state index in [1.807, 2.05) is 5.01 Å². The van der Waals surface area contributed by atoms with Gasteiger partial charge in [0.25, 0.3) is 5.69 Å². The number of nitro groups is 1. The average Bonchev–Trinajstić information content (AvgIpc) is 2.68. The van der Waals surface area contributed by atoms with Gasteiger partial charge in [-0.05, 0) is 30.7 Å². The minimum absolute atomic E-state index is 0.104. The number of allylic oxidation sites excluding steroid dienone is 1. The summed E-state index contributed by atoms with van der Waals surface area (Å²) in [7, 11) is 0. The van der Waals surface area contributed by atoms with Crippen LogP contribution in [0.5, 0.6) is 0 Å². The molecule has 1 fully saturated rings. The van der Waals surface area contributed by atoms with Gasteiger partial charge in [-0.3, -0.25) is 20.0 Å². The van der Waals surface area contributed by atoms with Crippen molar-refractivity contribution < 1.29 is 4.92 Å². The first-order valence-electron chi connectivity index (χ1n) is 9.09. The monoisotopic (exact) mass is 364 g/mol. The zero-order valence-electron chi connectivity index (χ0n) is 15.5. The SMILES string of the molecule is Cc1ccc(CN2CCN(/N=C/C=C\c3ccccc3[N+](=O)[O-])CC2)cc1. The van der Waals surface area contributed by atoms with Crippen molar-refractivity contribution in [1.29, 1.82) is 0 Å². The van der Waals surface area contributed by atoms with Crippen LogP contribution >= 0.6 is 0 Å².